The van der Waals surface area contributed by atoms with Crippen molar-refractivity contribution in [2.45, 2.75) is 13.5 Å². The van der Waals surface area contributed by atoms with Crippen LogP contribution in [0.5, 0.6) is 0 Å². The summed E-state index contributed by atoms with van der Waals surface area (Å²) in [6.45, 7) is 1.75. The van der Waals surface area contributed by atoms with Crippen molar-refractivity contribution in [3.63, 3.8) is 0 Å². The lowest BCUT2D eigenvalue weighted by Crippen LogP contribution is -2.29. The molecular formula is C11H12N4O4. The van der Waals surface area contributed by atoms with Crippen molar-refractivity contribution in [2.24, 2.45) is 5.84 Å². The number of hydrazine groups is 1. The molecule has 0 aliphatic carbocycles. The summed E-state index contributed by atoms with van der Waals surface area (Å²) in [4.78, 5) is 34.0. The molecule has 2 heterocycles. The number of aryl methyl sites for hydroxylation is 1. The van der Waals surface area contributed by atoms with Gasteiger partial charge in [-0.1, -0.05) is 0 Å². The van der Waals surface area contributed by atoms with Gasteiger partial charge < -0.3 is 4.42 Å². The van der Waals surface area contributed by atoms with Gasteiger partial charge in [-0.05, 0) is 13.0 Å². The van der Waals surface area contributed by atoms with Gasteiger partial charge in [0.15, 0.2) is 5.76 Å². The van der Waals surface area contributed by atoms with E-state index in [4.69, 9.17) is 10.3 Å². The maximum Gasteiger partial charge on any atom is 0.300 e. The van der Waals surface area contributed by atoms with Crippen molar-refractivity contribution >= 4 is 5.91 Å². The van der Waals surface area contributed by atoms with Crippen LogP contribution in [0, 0.1) is 6.92 Å². The van der Waals surface area contributed by atoms with Crippen molar-refractivity contribution in [2.75, 3.05) is 0 Å². The van der Waals surface area contributed by atoms with Gasteiger partial charge in [0.05, 0.1) is 6.54 Å². The zero-order chi connectivity index (χ0) is 14.0. The van der Waals surface area contributed by atoms with Crippen molar-refractivity contribution in [1.29, 1.82) is 0 Å². The number of nitrogens with two attached hydrogens (primary N) is 1. The molecule has 0 unspecified atom stereocenters. The number of aromatic nitrogens is 2. The maximum atomic E-state index is 11.5. The first-order chi connectivity index (χ1) is 9.01. The summed E-state index contributed by atoms with van der Waals surface area (Å²) in [7, 11) is 0. The number of H-pyrrole nitrogens is 1. The van der Waals surface area contributed by atoms with Crippen LogP contribution in [0.3, 0.4) is 0 Å². The Hall–Kier alpha value is -2.61. The minimum atomic E-state index is -0.566. The van der Waals surface area contributed by atoms with E-state index in [9.17, 15) is 14.4 Å². The van der Waals surface area contributed by atoms with Crippen LogP contribution in [-0.4, -0.2) is 15.7 Å². The van der Waals surface area contributed by atoms with Crippen LogP contribution < -0.4 is 22.4 Å². The molecule has 100 valence electrons. The third kappa shape index (κ3) is 2.63. The second-order valence-corrected chi connectivity index (χ2v) is 3.90. The molecule has 0 aliphatic rings. The number of rotatable bonds is 3. The summed E-state index contributed by atoms with van der Waals surface area (Å²) < 4.78 is 6.34. The number of hydrogen-bond acceptors (Lipinski definition) is 5. The van der Waals surface area contributed by atoms with Crippen LogP contribution in [-0.2, 0) is 6.54 Å². The van der Waals surface area contributed by atoms with Crippen LogP contribution in [0.25, 0.3) is 0 Å². The van der Waals surface area contributed by atoms with E-state index in [1.807, 2.05) is 5.43 Å². The average molecular weight is 264 g/mol. The van der Waals surface area contributed by atoms with E-state index in [0.717, 1.165) is 10.7 Å². The second kappa shape index (κ2) is 4.94. The molecular weight excluding hydrogens is 252 g/mol. The number of carbonyl (C=O) groups is 1. The standard InChI is InChI=1S/C11H12N4O4/c1-6-7(4-8(19-6)11(18)13-12)5-15-10(17)3-2-9(16)14-15/h2-4H,5,12H2,1H3,(H,13,18)(H,14,16). The Labute approximate surface area is 106 Å². The Morgan fingerprint density at radius 2 is 2.21 bits per heavy atom. The van der Waals surface area contributed by atoms with Crippen molar-refractivity contribution in [3.05, 3.63) is 56.0 Å². The Balaban J connectivity index is 2.36. The number of aromatic amines is 1. The summed E-state index contributed by atoms with van der Waals surface area (Å²) in [5.74, 6) is 4.94. The first kappa shape index (κ1) is 12.8. The number of hydrogen-bond donors (Lipinski definition) is 3. The minimum absolute atomic E-state index is 0.0429. The van der Waals surface area contributed by atoms with Crippen LogP contribution in [0.4, 0.5) is 0 Å². The van der Waals surface area contributed by atoms with Gasteiger partial charge in [0.2, 0.25) is 0 Å². The zero-order valence-electron chi connectivity index (χ0n) is 10.1. The third-order valence-corrected chi connectivity index (χ3v) is 2.59. The largest absolute Gasteiger partial charge is 0.456 e. The zero-order valence-corrected chi connectivity index (χ0v) is 10.1. The summed E-state index contributed by atoms with van der Waals surface area (Å²) in [6.07, 6.45) is 0. The second-order valence-electron chi connectivity index (χ2n) is 3.90. The molecule has 0 atom stereocenters. The Bertz CT molecular complexity index is 725. The van der Waals surface area contributed by atoms with Gasteiger partial charge >= 0.3 is 5.91 Å². The molecule has 1 amide bonds. The Morgan fingerprint density at radius 3 is 2.89 bits per heavy atom. The first-order valence-electron chi connectivity index (χ1n) is 5.41. The van der Waals surface area contributed by atoms with E-state index >= 15 is 0 Å². The lowest BCUT2D eigenvalue weighted by molar-refractivity contribution is 0.0924. The van der Waals surface area contributed by atoms with Gasteiger partial charge in [0, 0.05) is 17.7 Å². The molecule has 0 spiro atoms. The van der Waals surface area contributed by atoms with E-state index in [1.165, 1.54) is 12.1 Å². The molecule has 0 saturated carbocycles. The minimum Gasteiger partial charge on any atom is -0.456 e. The van der Waals surface area contributed by atoms with Gasteiger partial charge in [-0.25, -0.2) is 10.5 Å². The molecule has 2 aromatic heterocycles. The molecule has 0 aliphatic heterocycles. The maximum absolute atomic E-state index is 11.5. The average Bonchev–Trinajstić information content (AvgIpc) is 2.74. The molecule has 4 N–H and O–H groups in total. The highest BCUT2D eigenvalue weighted by Gasteiger charge is 2.14. The molecule has 8 heteroatoms. The van der Waals surface area contributed by atoms with Crippen LogP contribution in [0.2, 0.25) is 0 Å². The molecule has 2 aromatic rings. The highest BCUT2D eigenvalue weighted by Crippen LogP contribution is 2.14. The molecule has 19 heavy (non-hydrogen) atoms. The predicted molar refractivity (Wildman–Crippen MR) is 65.5 cm³/mol. The van der Waals surface area contributed by atoms with E-state index in [-0.39, 0.29) is 23.4 Å². The fourth-order valence-electron chi connectivity index (χ4n) is 1.61. The molecule has 0 fully saturated rings. The number of nitrogens with zero attached hydrogens (tertiary/aromatic N) is 1. The molecule has 0 radical (unpaired) electrons. The highest BCUT2D eigenvalue weighted by molar-refractivity contribution is 5.91. The summed E-state index contributed by atoms with van der Waals surface area (Å²) in [5, 5.41) is 2.39. The summed E-state index contributed by atoms with van der Waals surface area (Å²) in [5.41, 5.74) is 1.80. The van der Waals surface area contributed by atoms with E-state index in [0.29, 0.717) is 11.3 Å². The topological polar surface area (TPSA) is 123 Å². The fraction of sp³-hybridized carbons (Fsp3) is 0.182. The van der Waals surface area contributed by atoms with Gasteiger partial charge in [0.1, 0.15) is 5.76 Å². The predicted octanol–water partition coefficient (Wildman–Crippen LogP) is -0.910. The number of nitrogens with one attached hydrogen (secondary N) is 2. The van der Waals surface area contributed by atoms with Crippen LogP contribution in [0.15, 0.2) is 32.2 Å². The first-order valence-corrected chi connectivity index (χ1v) is 5.41. The summed E-state index contributed by atoms with van der Waals surface area (Å²) in [6, 6.07) is 3.78. The number of nitrogen functional groups attached to an aromatic ring is 1. The molecule has 0 bridgehead atoms. The Kier molecular flexibility index (Phi) is 3.34. The van der Waals surface area contributed by atoms with Crippen molar-refractivity contribution in [3.8, 4) is 0 Å². The van der Waals surface area contributed by atoms with Gasteiger partial charge in [-0.3, -0.25) is 24.9 Å². The van der Waals surface area contributed by atoms with Gasteiger partial charge in [0.25, 0.3) is 11.1 Å². The van der Waals surface area contributed by atoms with Crippen LogP contribution in [0.1, 0.15) is 21.9 Å². The van der Waals surface area contributed by atoms with Gasteiger partial charge in [-0.2, -0.15) is 0 Å². The van der Waals surface area contributed by atoms with Gasteiger partial charge in [-0.15, -0.1) is 0 Å². The van der Waals surface area contributed by atoms with E-state index < -0.39 is 5.91 Å². The monoisotopic (exact) mass is 264 g/mol. The summed E-state index contributed by atoms with van der Waals surface area (Å²) >= 11 is 0. The number of furan rings is 1. The van der Waals surface area contributed by atoms with Crippen LogP contribution >= 0.6 is 0 Å². The molecule has 2 rings (SSSR count). The third-order valence-electron chi connectivity index (χ3n) is 2.59. The normalized spacial score (nSPS) is 10.4. The fourth-order valence-corrected chi connectivity index (χ4v) is 1.61. The Morgan fingerprint density at radius 1 is 1.47 bits per heavy atom. The van der Waals surface area contributed by atoms with E-state index in [1.54, 1.807) is 6.92 Å². The smallest absolute Gasteiger partial charge is 0.300 e. The molecule has 8 nitrogen and oxygen atoms in total. The van der Waals surface area contributed by atoms with Crippen molar-refractivity contribution < 1.29 is 9.21 Å². The number of carbonyl (C=O) groups excluding carboxylic acids is 1. The SMILES string of the molecule is Cc1oc(C(=O)NN)cc1Cn1[nH]c(=O)ccc1=O. The lowest BCUT2D eigenvalue weighted by atomic mass is 10.2. The number of amides is 1. The lowest BCUT2D eigenvalue weighted by Gasteiger charge is -2.02. The quantitative estimate of drug-likeness (QED) is 0.376. The van der Waals surface area contributed by atoms with Crippen molar-refractivity contribution in [1.82, 2.24) is 15.2 Å². The van der Waals surface area contributed by atoms with E-state index in [2.05, 4.69) is 5.10 Å². The molecule has 0 saturated heterocycles. The highest BCUT2D eigenvalue weighted by atomic mass is 16.4. The molecule has 0 aromatic carbocycles.